The zero-order valence-corrected chi connectivity index (χ0v) is 18.5. The summed E-state index contributed by atoms with van der Waals surface area (Å²) in [7, 11) is 0. The highest BCUT2D eigenvalue weighted by atomic mass is 35.5. The molecule has 2 aliphatic heterocycles. The Bertz CT molecular complexity index is 1160. The molecule has 3 aromatic rings. The van der Waals surface area contributed by atoms with Crippen LogP contribution in [-0.4, -0.2) is 51.2 Å². The van der Waals surface area contributed by atoms with Gasteiger partial charge in [0.05, 0.1) is 12.2 Å². The number of hydrogen-bond acceptors (Lipinski definition) is 3. The summed E-state index contributed by atoms with van der Waals surface area (Å²) in [5.41, 5.74) is 2.37. The molecule has 1 atom stereocenters. The number of aryl methyl sites for hydroxylation is 1. The zero-order valence-electron chi connectivity index (χ0n) is 17.8. The summed E-state index contributed by atoms with van der Waals surface area (Å²) >= 11 is 6.14. The Morgan fingerprint density at radius 3 is 2.62 bits per heavy atom. The number of benzene rings is 2. The van der Waals surface area contributed by atoms with Gasteiger partial charge in [-0.05, 0) is 37.1 Å². The average molecular weight is 450 g/mol. The van der Waals surface area contributed by atoms with E-state index in [1.807, 2.05) is 49.4 Å². The zero-order chi connectivity index (χ0) is 22.3. The fourth-order valence-corrected chi connectivity index (χ4v) is 4.91. The van der Waals surface area contributed by atoms with Gasteiger partial charge in [-0.3, -0.25) is 14.4 Å². The number of hydrogen-bond donors (Lipinski definition) is 1. The summed E-state index contributed by atoms with van der Waals surface area (Å²) in [6.07, 6.45) is 0.736. The molecule has 0 aliphatic carbocycles. The SMILES string of the molecule is Cc1cc2n(n1)CC1(c3ccc(Cl)cc3)N(C(=O)NCCc3ccccc3)CCN1C2=O. The number of aromatic nitrogens is 2. The second-order valence-corrected chi connectivity index (χ2v) is 8.66. The molecule has 1 fully saturated rings. The van der Waals surface area contributed by atoms with E-state index in [1.165, 1.54) is 0 Å². The smallest absolute Gasteiger partial charge is 0.319 e. The first-order valence-corrected chi connectivity index (χ1v) is 11.1. The maximum Gasteiger partial charge on any atom is 0.319 e. The molecule has 3 amide bonds. The monoisotopic (exact) mass is 449 g/mol. The maximum absolute atomic E-state index is 13.4. The number of amides is 3. The molecule has 0 spiro atoms. The van der Waals surface area contributed by atoms with Crippen molar-refractivity contribution in [3.05, 3.63) is 88.2 Å². The molecule has 1 N–H and O–H groups in total. The molecule has 0 saturated carbocycles. The van der Waals surface area contributed by atoms with Crippen LogP contribution in [0.1, 0.15) is 27.3 Å². The molecule has 1 unspecified atom stereocenters. The number of carbonyl (C=O) groups excluding carboxylic acids is 2. The second kappa shape index (κ2) is 7.98. The van der Waals surface area contributed by atoms with Crippen molar-refractivity contribution in [2.45, 2.75) is 25.6 Å². The summed E-state index contributed by atoms with van der Waals surface area (Å²) in [6, 6.07) is 19.0. The van der Waals surface area contributed by atoms with Gasteiger partial charge in [0.15, 0.2) is 5.66 Å². The van der Waals surface area contributed by atoms with Crippen molar-refractivity contribution in [1.29, 1.82) is 0 Å². The van der Waals surface area contributed by atoms with E-state index >= 15 is 0 Å². The Kier molecular flexibility index (Phi) is 5.13. The topological polar surface area (TPSA) is 70.5 Å². The fourth-order valence-electron chi connectivity index (χ4n) is 4.78. The third kappa shape index (κ3) is 3.33. The molecule has 2 aliphatic rings. The van der Waals surface area contributed by atoms with Gasteiger partial charge in [0.25, 0.3) is 5.91 Å². The Balaban J connectivity index is 1.47. The van der Waals surface area contributed by atoms with Gasteiger partial charge in [0, 0.05) is 30.2 Å². The quantitative estimate of drug-likeness (QED) is 0.663. The maximum atomic E-state index is 13.4. The van der Waals surface area contributed by atoms with Crippen molar-refractivity contribution in [1.82, 2.24) is 24.9 Å². The standard InChI is InChI=1S/C24H24ClN5O2/c1-17-15-21-22(31)28-13-14-29(23(32)26-12-11-18-5-3-2-4-6-18)24(28,16-30(21)27-17)19-7-9-20(25)10-8-19/h2-10,15H,11-14,16H2,1H3,(H,26,32). The average Bonchev–Trinajstić information content (AvgIpc) is 3.36. The number of halogens is 1. The lowest BCUT2D eigenvalue weighted by atomic mass is 9.94. The van der Waals surface area contributed by atoms with E-state index < -0.39 is 5.66 Å². The number of urea groups is 1. The van der Waals surface area contributed by atoms with E-state index in [0.717, 1.165) is 23.2 Å². The number of rotatable bonds is 4. The van der Waals surface area contributed by atoms with Crippen LogP contribution < -0.4 is 5.32 Å². The van der Waals surface area contributed by atoms with E-state index in [9.17, 15) is 9.59 Å². The molecular formula is C24H24ClN5O2. The lowest BCUT2D eigenvalue weighted by Crippen LogP contribution is -2.61. The van der Waals surface area contributed by atoms with E-state index in [4.69, 9.17) is 11.6 Å². The third-order valence-electron chi connectivity index (χ3n) is 6.26. The molecule has 0 bridgehead atoms. The lowest BCUT2D eigenvalue weighted by molar-refractivity contribution is 0.00165. The number of nitrogens with zero attached hydrogens (tertiary/aromatic N) is 4. The fraction of sp³-hybridized carbons (Fsp3) is 0.292. The van der Waals surface area contributed by atoms with Crippen molar-refractivity contribution >= 4 is 23.5 Å². The van der Waals surface area contributed by atoms with Crippen LogP contribution in [0.3, 0.4) is 0 Å². The number of carbonyl (C=O) groups is 2. The summed E-state index contributed by atoms with van der Waals surface area (Å²) in [4.78, 5) is 30.3. The third-order valence-corrected chi connectivity index (χ3v) is 6.51. The second-order valence-electron chi connectivity index (χ2n) is 8.23. The number of nitrogens with one attached hydrogen (secondary N) is 1. The molecule has 2 aromatic carbocycles. The van der Waals surface area contributed by atoms with Crippen LogP contribution in [0.25, 0.3) is 0 Å². The van der Waals surface area contributed by atoms with Gasteiger partial charge in [0.1, 0.15) is 5.69 Å². The highest BCUT2D eigenvalue weighted by Crippen LogP contribution is 2.42. The Morgan fingerprint density at radius 1 is 1.12 bits per heavy atom. The molecule has 164 valence electrons. The van der Waals surface area contributed by atoms with Gasteiger partial charge in [-0.25, -0.2) is 4.79 Å². The van der Waals surface area contributed by atoms with Crippen LogP contribution in [-0.2, 0) is 18.6 Å². The first kappa shape index (κ1) is 20.6. The van der Waals surface area contributed by atoms with Gasteiger partial charge < -0.3 is 10.2 Å². The molecule has 0 radical (unpaired) electrons. The highest BCUT2D eigenvalue weighted by molar-refractivity contribution is 6.30. The van der Waals surface area contributed by atoms with Crippen LogP contribution >= 0.6 is 11.6 Å². The van der Waals surface area contributed by atoms with Gasteiger partial charge in [-0.15, -0.1) is 0 Å². The van der Waals surface area contributed by atoms with Crippen LogP contribution in [0.4, 0.5) is 4.79 Å². The van der Waals surface area contributed by atoms with Gasteiger partial charge >= 0.3 is 6.03 Å². The molecule has 1 saturated heterocycles. The van der Waals surface area contributed by atoms with Crippen molar-refractivity contribution in [2.24, 2.45) is 0 Å². The summed E-state index contributed by atoms with van der Waals surface area (Å²) in [5.74, 6) is -0.119. The molecule has 7 nitrogen and oxygen atoms in total. The lowest BCUT2D eigenvalue weighted by Gasteiger charge is -2.46. The normalized spacial score (nSPS) is 19.6. The predicted octanol–water partition coefficient (Wildman–Crippen LogP) is 3.42. The Morgan fingerprint density at radius 2 is 1.88 bits per heavy atom. The Labute approximate surface area is 191 Å². The van der Waals surface area contributed by atoms with Crippen molar-refractivity contribution < 1.29 is 9.59 Å². The van der Waals surface area contributed by atoms with Gasteiger partial charge in [-0.2, -0.15) is 5.10 Å². The van der Waals surface area contributed by atoms with Gasteiger partial charge in [-0.1, -0.05) is 54.1 Å². The van der Waals surface area contributed by atoms with E-state index in [1.54, 1.807) is 32.7 Å². The van der Waals surface area contributed by atoms with Crippen molar-refractivity contribution in [3.63, 3.8) is 0 Å². The van der Waals surface area contributed by atoms with Crippen LogP contribution in [0, 0.1) is 6.92 Å². The van der Waals surface area contributed by atoms with E-state index in [2.05, 4.69) is 10.4 Å². The summed E-state index contributed by atoms with van der Waals surface area (Å²) in [5, 5.41) is 8.18. The van der Waals surface area contributed by atoms with Gasteiger partial charge in [0.2, 0.25) is 0 Å². The molecule has 8 heteroatoms. The van der Waals surface area contributed by atoms with Crippen molar-refractivity contribution in [2.75, 3.05) is 19.6 Å². The molecule has 5 rings (SSSR count). The Hall–Kier alpha value is -3.32. The molecule has 1 aromatic heterocycles. The number of fused-ring (bicyclic) bond motifs is 2. The summed E-state index contributed by atoms with van der Waals surface area (Å²) in [6.45, 7) is 3.64. The van der Waals surface area contributed by atoms with Crippen LogP contribution in [0.2, 0.25) is 5.02 Å². The molecule has 32 heavy (non-hydrogen) atoms. The van der Waals surface area contributed by atoms with E-state index in [0.29, 0.717) is 36.9 Å². The molecule has 3 heterocycles. The first-order valence-electron chi connectivity index (χ1n) is 10.7. The minimum atomic E-state index is -0.954. The van der Waals surface area contributed by atoms with Crippen molar-refractivity contribution in [3.8, 4) is 0 Å². The first-order chi connectivity index (χ1) is 15.5. The van der Waals surface area contributed by atoms with Crippen LogP contribution in [0.15, 0.2) is 60.7 Å². The van der Waals surface area contributed by atoms with E-state index in [-0.39, 0.29) is 11.9 Å². The molecular weight excluding hydrogens is 426 g/mol. The highest BCUT2D eigenvalue weighted by Gasteiger charge is 2.56. The largest absolute Gasteiger partial charge is 0.338 e. The minimum Gasteiger partial charge on any atom is -0.338 e. The van der Waals surface area contributed by atoms with Crippen LogP contribution in [0.5, 0.6) is 0 Å². The minimum absolute atomic E-state index is 0.119. The summed E-state index contributed by atoms with van der Waals surface area (Å²) < 4.78 is 1.72. The predicted molar refractivity (Wildman–Crippen MR) is 121 cm³/mol.